The zero-order valence-electron chi connectivity index (χ0n) is 9.85. The second-order valence-electron chi connectivity index (χ2n) is 3.58. The molecule has 0 bridgehead atoms. The molecule has 1 aromatic rings. The Bertz CT molecular complexity index is 451. The van der Waals surface area contributed by atoms with E-state index in [0.717, 1.165) is 13.1 Å². The van der Waals surface area contributed by atoms with Crippen molar-refractivity contribution in [2.75, 3.05) is 26.0 Å². The van der Waals surface area contributed by atoms with Gasteiger partial charge in [0.15, 0.2) is 9.84 Å². The van der Waals surface area contributed by atoms with Gasteiger partial charge in [0, 0.05) is 19.3 Å². The molecule has 0 unspecified atom stereocenters. The third-order valence-electron chi connectivity index (χ3n) is 2.09. The average molecular weight is 255 g/mol. The third-order valence-corrected chi connectivity index (χ3v) is 3.22. The first-order chi connectivity index (χ1) is 8.04. The predicted octanol–water partition coefficient (Wildman–Crippen LogP) is 1.24. The van der Waals surface area contributed by atoms with Crippen LogP contribution in [-0.4, -0.2) is 34.4 Å². The summed E-state index contributed by atoms with van der Waals surface area (Å²) in [5.41, 5.74) is 0. The molecule has 1 aromatic carbocycles. The molecule has 0 aliphatic carbocycles. The van der Waals surface area contributed by atoms with Gasteiger partial charge in [-0.05, 0) is 24.3 Å². The summed E-state index contributed by atoms with van der Waals surface area (Å²) >= 11 is 0. The summed E-state index contributed by atoms with van der Waals surface area (Å²) in [6.07, 6.45) is 2.96. The van der Waals surface area contributed by atoms with Crippen molar-refractivity contribution in [3.05, 3.63) is 36.9 Å². The number of hydrogen-bond acceptors (Lipinski definition) is 4. The summed E-state index contributed by atoms with van der Waals surface area (Å²) in [4.78, 5) is 0.301. The quantitative estimate of drug-likeness (QED) is 0.588. The summed E-state index contributed by atoms with van der Waals surface area (Å²) in [5.74, 6) is 0.665. The molecule has 1 rings (SSSR count). The zero-order valence-corrected chi connectivity index (χ0v) is 10.7. The minimum atomic E-state index is -3.13. The molecule has 5 heteroatoms. The van der Waals surface area contributed by atoms with E-state index in [4.69, 9.17) is 4.74 Å². The largest absolute Gasteiger partial charge is 0.492 e. The van der Waals surface area contributed by atoms with Gasteiger partial charge in [-0.25, -0.2) is 8.42 Å². The van der Waals surface area contributed by atoms with Gasteiger partial charge in [0.25, 0.3) is 0 Å². The van der Waals surface area contributed by atoms with Crippen molar-refractivity contribution in [3.63, 3.8) is 0 Å². The van der Waals surface area contributed by atoms with Crippen LogP contribution in [0.2, 0.25) is 0 Å². The first-order valence-corrected chi connectivity index (χ1v) is 7.17. The Balaban J connectivity index is 2.44. The fourth-order valence-corrected chi connectivity index (χ4v) is 1.86. The molecule has 0 saturated heterocycles. The van der Waals surface area contributed by atoms with Crippen LogP contribution in [0.5, 0.6) is 5.75 Å². The van der Waals surface area contributed by atoms with Crippen LogP contribution in [0.3, 0.4) is 0 Å². The van der Waals surface area contributed by atoms with Gasteiger partial charge >= 0.3 is 0 Å². The van der Waals surface area contributed by atoms with Crippen LogP contribution in [0.1, 0.15) is 0 Å². The van der Waals surface area contributed by atoms with Crippen molar-refractivity contribution in [2.24, 2.45) is 0 Å². The molecular formula is C12H17NO3S. The molecule has 0 spiro atoms. The molecule has 0 amide bonds. The van der Waals surface area contributed by atoms with Crippen LogP contribution in [0.15, 0.2) is 41.8 Å². The van der Waals surface area contributed by atoms with Crippen molar-refractivity contribution >= 4 is 9.84 Å². The fourth-order valence-electron chi connectivity index (χ4n) is 1.23. The normalized spacial score (nSPS) is 11.1. The lowest BCUT2D eigenvalue weighted by atomic mass is 10.3. The van der Waals surface area contributed by atoms with Gasteiger partial charge in [0.1, 0.15) is 12.4 Å². The van der Waals surface area contributed by atoms with Crippen molar-refractivity contribution in [3.8, 4) is 5.75 Å². The van der Waals surface area contributed by atoms with Gasteiger partial charge in [0.05, 0.1) is 4.90 Å². The minimum absolute atomic E-state index is 0.301. The van der Waals surface area contributed by atoms with Gasteiger partial charge in [-0.2, -0.15) is 0 Å². The number of ether oxygens (including phenoxy) is 1. The lowest BCUT2D eigenvalue weighted by molar-refractivity contribution is 0.316. The first-order valence-electron chi connectivity index (χ1n) is 5.28. The van der Waals surface area contributed by atoms with Crippen LogP contribution < -0.4 is 10.1 Å². The van der Waals surface area contributed by atoms with Crippen LogP contribution in [0.25, 0.3) is 0 Å². The van der Waals surface area contributed by atoms with Crippen molar-refractivity contribution in [2.45, 2.75) is 4.90 Å². The smallest absolute Gasteiger partial charge is 0.175 e. The number of nitrogens with one attached hydrogen (secondary N) is 1. The molecular weight excluding hydrogens is 238 g/mol. The molecule has 0 atom stereocenters. The summed E-state index contributed by atoms with van der Waals surface area (Å²) in [6, 6.07) is 6.40. The van der Waals surface area contributed by atoms with E-state index in [1.54, 1.807) is 30.3 Å². The molecule has 94 valence electrons. The van der Waals surface area contributed by atoms with E-state index in [1.165, 1.54) is 6.26 Å². The lowest BCUT2D eigenvalue weighted by Gasteiger charge is -2.07. The molecule has 4 nitrogen and oxygen atoms in total. The topological polar surface area (TPSA) is 55.4 Å². The molecule has 0 aliphatic rings. The van der Waals surface area contributed by atoms with Crippen LogP contribution in [-0.2, 0) is 9.84 Å². The summed E-state index contributed by atoms with van der Waals surface area (Å²) in [5, 5.41) is 3.10. The maximum atomic E-state index is 11.2. The summed E-state index contributed by atoms with van der Waals surface area (Å²) in [6.45, 7) is 5.59. The van der Waals surface area contributed by atoms with Crippen molar-refractivity contribution in [1.82, 2.24) is 5.32 Å². The second-order valence-corrected chi connectivity index (χ2v) is 5.60. The van der Waals surface area contributed by atoms with Crippen LogP contribution in [0.4, 0.5) is 0 Å². The molecule has 0 radical (unpaired) electrons. The van der Waals surface area contributed by atoms with E-state index in [-0.39, 0.29) is 0 Å². The first kappa shape index (κ1) is 13.7. The fraction of sp³-hybridized carbons (Fsp3) is 0.333. The van der Waals surface area contributed by atoms with Crippen LogP contribution in [0, 0.1) is 0 Å². The highest BCUT2D eigenvalue weighted by Crippen LogP contribution is 2.15. The summed E-state index contributed by atoms with van der Waals surface area (Å²) < 4.78 is 27.9. The van der Waals surface area contributed by atoms with Crippen molar-refractivity contribution in [1.29, 1.82) is 0 Å². The number of rotatable bonds is 7. The standard InChI is InChI=1S/C12H17NO3S/c1-3-8-13-9-10-16-11-4-6-12(7-5-11)17(2,14)15/h3-7,13H,1,8-10H2,2H3. The second kappa shape index (κ2) is 6.42. The maximum Gasteiger partial charge on any atom is 0.175 e. The van der Waals surface area contributed by atoms with E-state index in [0.29, 0.717) is 17.3 Å². The van der Waals surface area contributed by atoms with E-state index in [9.17, 15) is 8.42 Å². The van der Waals surface area contributed by atoms with Gasteiger partial charge in [0.2, 0.25) is 0 Å². The van der Waals surface area contributed by atoms with Crippen molar-refractivity contribution < 1.29 is 13.2 Å². The lowest BCUT2D eigenvalue weighted by Crippen LogP contribution is -2.20. The predicted molar refractivity (Wildman–Crippen MR) is 68.1 cm³/mol. The monoisotopic (exact) mass is 255 g/mol. The van der Waals surface area contributed by atoms with Gasteiger partial charge in [-0.15, -0.1) is 6.58 Å². The van der Waals surface area contributed by atoms with E-state index < -0.39 is 9.84 Å². The molecule has 0 fully saturated rings. The number of sulfone groups is 1. The highest BCUT2D eigenvalue weighted by atomic mass is 32.2. The third kappa shape index (κ3) is 5.01. The van der Waals surface area contributed by atoms with E-state index in [1.807, 2.05) is 0 Å². The minimum Gasteiger partial charge on any atom is -0.492 e. The highest BCUT2D eigenvalue weighted by molar-refractivity contribution is 7.90. The molecule has 0 saturated carbocycles. The Kier molecular flexibility index (Phi) is 5.18. The molecule has 0 aromatic heterocycles. The van der Waals surface area contributed by atoms with Gasteiger partial charge in [-0.3, -0.25) is 0 Å². The van der Waals surface area contributed by atoms with Gasteiger partial charge < -0.3 is 10.1 Å². The SMILES string of the molecule is C=CCNCCOc1ccc(S(C)(=O)=O)cc1. The van der Waals surface area contributed by atoms with Gasteiger partial charge in [-0.1, -0.05) is 6.08 Å². The Morgan fingerprint density at radius 3 is 2.53 bits per heavy atom. The molecule has 0 aliphatic heterocycles. The number of benzene rings is 1. The average Bonchev–Trinajstić information content (AvgIpc) is 2.28. The van der Waals surface area contributed by atoms with Crippen LogP contribution >= 0.6 is 0 Å². The Morgan fingerprint density at radius 1 is 1.35 bits per heavy atom. The molecule has 0 heterocycles. The van der Waals surface area contributed by atoms with E-state index in [2.05, 4.69) is 11.9 Å². The maximum absolute atomic E-state index is 11.2. The van der Waals surface area contributed by atoms with E-state index >= 15 is 0 Å². The Hall–Kier alpha value is -1.33. The Labute approximate surface area is 102 Å². The molecule has 17 heavy (non-hydrogen) atoms. The summed E-state index contributed by atoms with van der Waals surface area (Å²) in [7, 11) is -3.13. The Morgan fingerprint density at radius 2 is 2.00 bits per heavy atom. The molecule has 1 N–H and O–H groups in total. The number of hydrogen-bond donors (Lipinski definition) is 1. The highest BCUT2D eigenvalue weighted by Gasteiger charge is 2.05. The zero-order chi connectivity index (χ0) is 12.7.